The normalized spacial score (nSPS) is 16.4. The molecule has 0 radical (unpaired) electrons. The number of nitrogens with zero attached hydrogens (tertiary/aromatic N) is 2. The van der Waals surface area contributed by atoms with Crippen LogP contribution in [0.2, 0.25) is 0 Å². The van der Waals surface area contributed by atoms with Gasteiger partial charge in [-0.15, -0.1) is 0 Å². The second-order valence-corrected chi connectivity index (χ2v) is 5.41. The van der Waals surface area contributed by atoms with Crippen molar-refractivity contribution in [3.8, 4) is 0 Å². The predicted octanol–water partition coefficient (Wildman–Crippen LogP) is -0.113. The van der Waals surface area contributed by atoms with Crippen molar-refractivity contribution in [2.45, 2.75) is 32.1 Å². The van der Waals surface area contributed by atoms with Crippen molar-refractivity contribution in [1.82, 2.24) is 20.2 Å². The zero-order valence-corrected chi connectivity index (χ0v) is 12.2. The molecule has 1 fully saturated rings. The van der Waals surface area contributed by atoms with Gasteiger partial charge in [-0.1, -0.05) is 12.8 Å². The van der Waals surface area contributed by atoms with Gasteiger partial charge in [0.1, 0.15) is 11.6 Å². The first-order valence-electron chi connectivity index (χ1n) is 7.48. The van der Waals surface area contributed by atoms with Gasteiger partial charge in [0.05, 0.1) is 6.54 Å². The van der Waals surface area contributed by atoms with Crippen LogP contribution in [0, 0.1) is 0 Å². The minimum Gasteiger partial charge on any atom is -0.383 e. The van der Waals surface area contributed by atoms with Crippen LogP contribution in [0.5, 0.6) is 0 Å². The van der Waals surface area contributed by atoms with Gasteiger partial charge in [-0.05, 0) is 25.9 Å². The summed E-state index contributed by atoms with van der Waals surface area (Å²) in [4.78, 5) is 31.9. The van der Waals surface area contributed by atoms with Crippen molar-refractivity contribution in [2.24, 2.45) is 0 Å². The van der Waals surface area contributed by atoms with E-state index in [1.54, 1.807) is 0 Å². The van der Waals surface area contributed by atoms with Gasteiger partial charge in [0.2, 0.25) is 5.91 Å². The summed E-state index contributed by atoms with van der Waals surface area (Å²) < 4.78 is 0. The number of aromatic nitrogens is 2. The molecule has 21 heavy (non-hydrogen) atoms. The summed E-state index contributed by atoms with van der Waals surface area (Å²) in [5, 5.41) is 2.85. The second kappa shape index (κ2) is 7.78. The number of nitrogen functional groups attached to an aromatic ring is 1. The van der Waals surface area contributed by atoms with E-state index < -0.39 is 0 Å². The Bertz CT molecular complexity index is 520. The minimum atomic E-state index is -0.270. The molecule has 2 rings (SSSR count). The highest BCUT2D eigenvalue weighted by molar-refractivity contribution is 5.77. The lowest BCUT2D eigenvalue weighted by Gasteiger charge is -2.18. The third kappa shape index (κ3) is 5.55. The molecule has 116 valence electrons. The van der Waals surface area contributed by atoms with Crippen LogP contribution < -0.4 is 16.6 Å². The fraction of sp³-hybridized carbons (Fsp3) is 0.643. The molecular formula is C14H23N5O2. The van der Waals surface area contributed by atoms with Gasteiger partial charge < -0.3 is 16.0 Å². The number of aromatic amines is 1. The molecule has 1 aromatic rings. The fourth-order valence-electron chi connectivity index (χ4n) is 2.52. The molecule has 0 spiro atoms. The molecule has 0 aromatic carbocycles. The molecule has 0 atom stereocenters. The Morgan fingerprint density at radius 3 is 2.71 bits per heavy atom. The Hall–Kier alpha value is -1.89. The molecule has 0 bridgehead atoms. The van der Waals surface area contributed by atoms with Crippen LogP contribution in [-0.2, 0) is 11.2 Å². The summed E-state index contributed by atoms with van der Waals surface area (Å²) in [5.41, 5.74) is 5.23. The number of nitrogens with one attached hydrogen (secondary N) is 2. The number of H-pyrrole nitrogens is 1. The van der Waals surface area contributed by atoms with Crippen molar-refractivity contribution in [1.29, 1.82) is 0 Å². The van der Waals surface area contributed by atoms with Gasteiger partial charge in [-0.25, -0.2) is 4.98 Å². The lowest BCUT2D eigenvalue weighted by atomic mass is 10.2. The largest absolute Gasteiger partial charge is 0.383 e. The molecule has 1 aliphatic rings. The van der Waals surface area contributed by atoms with E-state index in [-0.39, 0.29) is 17.3 Å². The SMILES string of the molecule is Nc1cc(=O)[nH]c(CCNC(=O)CN2CCCCCC2)n1. The van der Waals surface area contributed by atoms with E-state index in [4.69, 9.17) is 5.73 Å². The maximum absolute atomic E-state index is 11.9. The zero-order chi connectivity index (χ0) is 15.1. The Morgan fingerprint density at radius 2 is 2.05 bits per heavy atom. The summed E-state index contributed by atoms with van der Waals surface area (Å²) >= 11 is 0. The van der Waals surface area contributed by atoms with Crippen LogP contribution in [0.4, 0.5) is 5.82 Å². The molecule has 2 heterocycles. The summed E-state index contributed by atoms with van der Waals surface area (Å²) in [7, 11) is 0. The van der Waals surface area contributed by atoms with E-state index in [0.717, 1.165) is 13.1 Å². The smallest absolute Gasteiger partial charge is 0.252 e. The highest BCUT2D eigenvalue weighted by Crippen LogP contribution is 2.08. The van der Waals surface area contributed by atoms with Gasteiger partial charge in [0.15, 0.2) is 0 Å². The molecule has 1 aliphatic heterocycles. The van der Waals surface area contributed by atoms with Gasteiger partial charge in [0, 0.05) is 19.0 Å². The number of rotatable bonds is 5. The van der Waals surface area contributed by atoms with Gasteiger partial charge in [0.25, 0.3) is 5.56 Å². The van der Waals surface area contributed by atoms with Crippen LogP contribution in [0.25, 0.3) is 0 Å². The number of anilines is 1. The topological polar surface area (TPSA) is 104 Å². The Morgan fingerprint density at radius 1 is 1.33 bits per heavy atom. The Kier molecular flexibility index (Phi) is 5.74. The molecule has 0 aliphatic carbocycles. The summed E-state index contributed by atoms with van der Waals surface area (Å²) in [6.45, 7) is 2.88. The van der Waals surface area contributed by atoms with E-state index in [9.17, 15) is 9.59 Å². The van der Waals surface area contributed by atoms with Crippen LogP contribution in [0.3, 0.4) is 0 Å². The van der Waals surface area contributed by atoms with E-state index in [1.165, 1.54) is 31.7 Å². The zero-order valence-electron chi connectivity index (χ0n) is 12.2. The maximum Gasteiger partial charge on any atom is 0.252 e. The van der Waals surface area contributed by atoms with E-state index in [0.29, 0.717) is 25.3 Å². The van der Waals surface area contributed by atoms with Crippen molar-refractivity contribution in [2.75, 3.05) is 31.9 Å². The highest BCUT2D eigenvalue weighted by Gasteiger charge is 2.12. The Balaban J connectivity index is 1.72. The van der Waals surface area contributed by atoms with Gasteiger partial charge in [-0.3, -0.25) is 14.5 Å². The molecule has 7 nitrogen and oxygen atoms in total. The molecule has 1 amide bonds. The van der Waals surface area contributed by atoms with Crippen LogP contribution >= 0.6 is 0 Å². The molecular weight excluding hydrogens is 270 g/mol. The lowest BCUT2D eigenvalue weighted by molar-refractivity contribution is -0.122. The number of likely N-dealkylation sites (tertiary alicyclic amines) is 1. The standard InChI is InChI=1S/C14H23N5O2/c15-11-9-13(20)18-12(17-11)5-6-16-14(21)10-19-7-3-1-2-4-8-19/h9H,1-8,10H2,(H,16,21)(H3,15,17,18,20). The number of nitrogens with two attached hydrogens (primary N) is 1. The summed E-state index contributed by atoms with van der Waals surface area (Å²) in [6, 6.07) is 1.24. The first-order chi connectivity index (χ1) is 10.1. The molecule has 0 saturated carbocycles. The first kappa shape index (κ1) is 15.5. The van der Waals surface area contributed by atoms with Crippen LogP contribution in [0.1, 0.15) is 31.5 Å². The average molecular weight is 293 g/mol. The second-order valence-electron chi connectivity index (χ2n) is 5.41. The minimum absolute atomic E-state index is 0.0168. The third-order valence-corrected chi connectivity index (χ3v) is 3.56. The Labute approximate surface area is 123 Å². The number of hydrogen-bond donors (Lipinski definition) is 3. The third-order valence-electron chi connectivity index (χ3n) is 3.56. The van der Waals surface area contributed by atoms with E-state index in [1.807, 2.05) is 0 Å². The monoisotopic (exact) mass is 293 g/mol. The van der Waals surface area contributed by atoms with Crippen LogP contribution in [0.15, 0.2) is 10.9 Å². The predicted molar refractivity (Wildman–Crippen MR) is 80.9 cm³/mol. The molecule has 0 unspecified atom stereocenters. The molecule has 1 aromatic heterocycles. The number of carbonyl (C=O) groups is 1. The van der Waals surface area contributed by atoms with Gasteiger partial charge >= 0.3 is 0 Å². The lowest BCUT2D eigenvalue weighted by Crippen LogP contribution is -2.38. The maximum atomic E-state index is 11.9. The van der Waals surface area contributed by atoms with E-state index >= 15 is 0 Å². The quantitative estimate of drug-likeness (QED) is 0.702. The summed E-state index contributed by atoms with van der Waals surface area (Å²) in [6.07, 6.45) is 5.31. The fourth-order valence-corrected chi connectivity index (χ4v) is 2.52. The molecule has 1 saturated heterocycles. The molecule has 7 heteroatoms. The van der Waals surface area contributed by atoms with E-state index in [2.05, 4.69) is 20.2 Å². The van der Waals surface area contributed by atoms with Crippen molar-refractivity contribution in [3.05, 3.63) is 22.2 Å². The van der Waals surface area contributed by atoms with Crippen molar-refractivity contribution >= 4 is 11.7 Å². The highest BCUT2D eigenvalue weighted by atomic mass is 16.2. The first-order valence-corrected chi connectivity index (χ1v) is 7.48. The van der Waals surface area contributed by atoms with Crippen molar-refractivity contribution < 1.29 is 4.79 Å². The number of hydrogen-bond acceptors (Lipinski definition) is 5. The molecule has 4 N–H and O–H groups in total. The number of amides is 1. The average Bonchev–Trinajstić information content (AvgIpc) is 2.66. The van der Waals surface area contributed by atoms with Crippen molar-refractivity contribution in [3.63, 3.8) is 0 Å². The summed E-state index contributed by atoms with van der Waals surface area (Å²) in [5.74, 6) is 0.711. The number of carbonyl (C=O) groups excluding carboxylic acids is 1. The van der Waals surface area contributed by atoms with Gasteiger partial charge in [-0.2, -0.15) is 0 Å². The van der Waals surface area contributed by atoms with Crippen LogP contribution in [-0.4, -0.2) is 47.0 Å².